The van der Waals surface area contributed by atoms with Crippen molar-refractivity contribution in [1.29, 1.82) is 0 Å². The number of nitrogens with zero attached hydrogens (tertiary/aromatic N) is 6. The fourth-order valence-corrected chi connectivity index (χ4v) is 2.41. The smallest absolute Gasteiger partial charge is 0.315 e. The van der Waals surface area contributed by atoms with Crippen LogP contribution in [-0.4, -0.2) is 42.6 Å². The molecule has 2 aromatic heterocycles. The van der Waals surface area contributed by atoms with Crippen LogP contribution >= 0.6 is 0 Å². The van der Waals surface area contributed by atoms with E-state index in [2.05, 4.69) is 31.3 Å². The first-order valence-electron chi connectivity index (χ1n) is 8.09. The van der Waals surface area contributed by atoms with Crippen LogP contribution < -0.4 is 10.6 Å². The van der Waals surface area contributed by atoms with Crippen LogP contribution in [0.5, 0.6) is 0 Å². The van der Waals surface area contributed by atoms with Crippen LogP contribution in [0.2, 0.25) is 0 Å². The lowest BCUT2D eigenvalue weighted by Gasteiger charge is -2.14. The summed E-state index contributed by atoms with van der Waals surface area (Å²) in [5.74, 6) is 0.567. The van der Waals surface area contributed by atoms with Crippen molar-refractivity contribution in [2.24, 2.45) is 0 Å². The van der Waals surface area contributed by atoms with Gasteiger partial charge in [-0.3, -0.25) is 4.68 Å². The molecule has 2 N–H and O–H groups in total. The van der Waals surface area contributed by atoms with E-state index >= 15 is 0 Å². The van der Waals surface area contributed by atoms with Gasteiger partial charge in [-0.1, -0.05) is 18.2 Å². The fraction of sp³-hybridized carbons (Fsp3) is 0.312. The van der Waals surface area contributed by atoms with Gasteiger partial charge in [-0.05, 0) is 42.0 Å². The number of urea groups is 1. The number of carbonyl (C=O) groups excluding carboxylic acids is 1. The molecule has 2 heterocycles. The maximum atomic E-state index is 12.0. The normalized spacial score (nSPS) is 11.9. The van der Waals surface area contributed by atoms with Crippen LogP contribution in [0.15, 0.2) is 48.8 Å². The summed E-state index contributed by atoms with van der Waals surface area (Å²) in [6.45, 7) is 3.16. The monoisotopic (exact) mass is 340 g/mol. The van der Waals surface area contributed by atoms with Gasteiger partial charge < -0.3 is 10.6 Å². The number of tetrazole rings is 1. The molecule has 0 fully saturated rings. The van der Waals surface area contributed by atoms with E-state index in [-0.39, 0.29) is 12.1 Å². The number of amides is 2. The Hall–Kier alpha value is -3.23. The van der Waals surface area contributed by atoms with Gasteiger partial charge in [0.05, 0.1) is 11.7 Å². The molecule has 0 aliphatic carbocycles. The van der Waals surface area contributed by atoms with E-state index in [0.29, 0.717) is 12.4 Å². The zero-order valence-electron chi connectivity index (χ0n) is 13.9. The molecule has 0 bridgehead atoms. The molecular formula is C16H20N8O. The van der Waals surface area contributed by atoms with E-state index in [4.69, 9.17) is 0 Å². The van der Waals surface area contributed by atoms with E-state index in [1.165, 1.54) is 0 Å². The second-order valence-corrected chi connectivity index (χ2v) is 5.53. The standard InChI is InChI=1S/C16H20N8O/c1-13(15-20-21-22-24(15)14-7-3-2-4-8-14)19-16(25)17-9-5-11-23-12-6-10-18-23/h2-4,6-8,10,12-13H,5,9,11H2,1H3,(H2,17,19,25)/t13-/m0/s1. The minimum Gasteiger partial charge on any atom is -0.338 e. The Labute approximate surface area is 145 Å². The fourth-order valence-electron chi connectivity index (χ4n) is 2.41. The van der Waals surface area contributed by atoms with Gasteiger partial charge >= 0.3 is 6.03 Å². The Morgan fingerprint density at radius 1 is 1.24 bits per heavy atom. The topological polar surface area (TPSA) is 103 Å². The number of aryl methyl sites for hydroxylation is 1. The van der Waals surface area contributed by atoms with Gasteiger partial charge in [0.25, 0.3) is 0 Å². The molecular weight excluding hydrogens is 320 g/mol. The molecule has 9 heteroatoms. The first-order valence-corrected chi connectivity index (χ1v) is 8.09. The van der Waals surface area contributed by atoms with Crippen LogP contribution in [0.3, 0.4) is 0 Å². The van der Waals surface area contributed by atoms with Crippen molar-refractivity contribution < 1.29 is 4.79 Å². The summed E-state index contributed by atoms with van der Waals surface area (Å²) < 4.78 is 3.44. The molecule has 0 saturated carbocycles. The highest BCUT2D eigenvalue weighted by Gasteiger charge is 2.17. The van der Waals surface area contributed by atoms with Crippen molar-refractivity contribution in [3.63, 3.8) is 0 Å². The van der Waals surface area contributed by atoms with Crippen LogP contribution in [0.1, 0.15) is 25.2 Å². The molecule has 0 spiro atoms. The Morgan fingerprint density at radius 2 is 2.08 bits per heavy atom. The first-order chi connectivity index (χ1) is 12.2. The van der Waals surface area contributed by atoms with Crippen molar-refractivity contribution >= 4 is 6.03 Å². The minimum atomic E-state index is -0.332. The zero-order valence-corrected chi connectivity index (χ0v) is 13.9. The van der Waals surface area contributed by atoms with Gasteiger partial charge in [-0.2, -0.15) is 9.78 Å². The Bertz CT molecular complexity index is 784. The van der Waals surface area contributed by atoms with Crippen molar-refractivity contribution in [3.8, 4) is 5.69 Å². The molecule has 3 aromatic rings. The molecule has 9 nitrogen and oxygen atoms in total. The summed E-state index contributed by atoms with van der Waals surface area (Å²) in [4.78, 5) is 12.0. The molecule has 0 radical (unpaired) electrons. The minimum absolute atomic E-state index is 0.254. The van der Waals surface area contributed by atoms with E-state index in [0.717, 1.165) is 18.7 Å². The third kappa shape index (κ3) is 4.40. The number of benzene rings is 1. The number of hydrogen-bond acceptors (Lipinski definition) is 5. The number of nitrogens with one attached hydrogen (secondary N) is 2. The van der Waals surface area contributed by atoms with Crippen molar-refractivity contribution in [3.05, 3.63) is 54.6 Å². The molecule has 1 atom stereocenters. The van der Waals surface area contributed by atoms with Gasteiger partial charge in [0, 0.05) is 25.5 Å². The molecule has 0 unspecified atom stereocenters. The van der Waals surface area contributed by atoms with Crippen molar-refractivity contribution in [2.75, 3.05) is 6.54 Å². The summed E-state index contributed by atoms with van der Waals surface area (Å²) in [5.41, 5.74) is 0.843. The second-order valence-electron chi connectivity index (χ2n) is 5.53. The van der Waals surface area contributed by atoms with Gasteiger partial charge in [0.2, 0.25) is 0 Å². The van der Waals surface area contributed by atoms with Gasteiger partial charge in [0.15, 0.2) is 5.82 Å². The van der Waals surface area contributed by atoms with Crippen molar-refractivity contribution in [2.45, 2.75) is 25.9 Å². The quantitative estimate of drug-likeness (QED) is 0.631. The number of rotatable bonds is 7. The van der Waals surface area contributed by atoms with Gasteiger partial charge in [0.1, 0.15) is 0 Å². The molecule has 0 aliphatic rings. The van der Waals surface area contributed by atoms with Crippen LogP contribution in [0.25, 0.3) is 5.69 Å². The summed E-state index contributed by atoms with van der Waals surface area (Å²) in [5, 5.41) is 21.5. The molecule has 2 amide bonds. The third-order valence-electron chi connectivity index (χ3n) is 3.64. The van der Waals surface area contributed by atoms with Crippen LogP contribution in [0.4, 0.5) is 4.79 Å². The predicted octanol–water partition coefficient (Wildman–Crippen LogP) is 1.31. The lowest BCUT2D eigenvalue weighted by Crippen LogP contribution is -2.38. The number of carbonyl (C=O) groups is 1. The third-order valence-corrected chi connectivity index (χ3v) is 3.64. The zero-order chi connectivity index (χ0) is 17.5. The number of aromatic nitrogens is 6. The molecule has 25 heavy (non-hydrogen) atoms. The summed E-state index contributed by atoms with van der Waals surface area (Å²) >= 11 is 0. The molecule has 0 aliphatic heterocycles. The predicted molar refractivity (Wildman–Crippen MR) is 90.9 cm³/mol. The highest BCUT2D eigenvalue weighted by atomic mass is 16.2. The highest BCUT2D eigenvalue weighted by Crippen LogP contribution is 2.13. The number of para-hydroxylation sites is 1. The molecule has 130 valence electrons. The maximum Gasteiger partial charge on any atom is 0.315 e. The first kappa shape index (κ1) is 16.6. The Balaban J connectivity index is 1.50. The van der Waals surface area contributed by atoms with Gasteiger partial charge in [-0.25, -0.2) is 4.79 Å². The lowest BCUT2D eigenvalue weighted by atomic mass is 10.3. The summed E-state index contributed by atoms with van der Waals surface area (Å²) in [6, 6.07) is 10.8. The SMILES string of the molecule is C[C@H](NC(=O)NCCCn1cccn1)c1nnnn1-c1ccccc1. The Kier molecular flexibility index (Phi) is 5.35. The van der Waals surface area contributed by atoms with E-state index in [9.17, 15) is 4.79 Å². The van der Waals surface area contributed by atoms with E-state index < -0.39 is 0 Å². The van der Waals surface area contributed by atoms with E-state index in [1.807, 2.05) is 54.2 Å². The average Bonchev–Trinajstić information content (AvgIpc) is 3.31. The van der Waals surface area contributed by atoms with E-state index in [1.54, 1.807) is 10.9 Å². The molecule has 1 aromatic carbocycles. The number of hydrogen-bond donors (Lipinski definition) is 2. The molecule has 0 saturated heterocycles. The van der Waals surface area contributed by atoms with Gasteiger partial charge in [-0.15, -0.1) is 5.10 Å². The maximum absolute atomic E-state index is 12.0. The lowest BCUT2D eigenvalue weighted by molar-refractivity contribution is 0.237. The molecule has 3 rings (SSSR count). The second kappa shape index (κ2) is 8.04. The summed E-state index contributed by atoms with van der Waals surface area (Å²) in [7, 11) is 0. The van der Waals surface area contributed by atoms with Crippen molar-refractivity contribution in [1.82, 2.24) is 40.6 Å². The summed E-state index contributed by atoms with van der Waals surface area (Å²) in [6.07, 6.45) is 4.43. The Morgan fingerprint density at radius 3 is 2.84 bits per heavy atom. The largest absolute Gasteiger partial charge is 0.338 e. The van der Waals surface area contributed by atoms with Crippen LogP contribution in [-0.2, 0) is 6.54 Å². The van der Waals surface area contributed by atoms with Crippen LogP contribution in [0, 0.1) is 0 Å². The highest BCUT2D eigenvalue weighted by molar-refractivity contribution is 5.74. The average molecular weight is 340 g/mol.